The fraction of sp³-hybridized carbons (Fsp3) is 0.333. The van der Waals surface area contributed by atoms with Crippen LogP contribution in [0.2, 0.25) is 0 Å². The maximum atomic E-state index is 14.5. The van der Waals surface area contributed by atoms with Crippen LogP contribution in [0, 0.1) is 18.8 Å². The lowest BCUT2D eigenvalue weighted by Gasteiger charge is -2.33. The number of likely N-dealkylation sites (tertiary alicyclic amines) is 1. The largest absolute Gasteiger partial charge is 0.494 e. The van der Waals surface area contributed by atoms with Crippen molar-refractivity contribution in [3.63, 3.8) is 0 Å². The number of hydrogen-bond donors (Lipinski definition) is 1. The third-order valence-electron chi connectivity index (χ3n) is 12.8. The second-order valence-electron chi connectivity index (χ2n) is 16.0. The van der Waals surface area contributed by atoms with Crippen molar-refractivity contribution in [2.75, 3.05) is 20.2 Å². The molecule has 3 aliphatic carbocycles. The molecule has 1 aliphatic heterocycles. The molecule has 2 amide bonds. The van der Waals surface area contributed by atoms with E-state index in [-0.39, 0.29) is 35.6 Å². The second-order valence-corrected chi connectivity index (χ2v) is 16.0. The molecule has 4 aliphatic rings. The molecule has 3 aromatic carbocycles. The van der Waals surface area contributed by atoms with E-state index in [0.29, 0.717) is 35.9 Å². The molecule has 0 radical (unpaired) electrons. The van der Waals surface area contributed by atoms with E-state index in [0.717, 1.165) is 75.0 Å². The number of methoxy groups -OCH3 is 1. The average Bonchev–Trinajstić information content (AvgIpc) is 3.43. The van der Waals surface area contributed by atoms with Crippen LogP contribution in [0.15, 0.2) is 85.1 Å². The Morgan fingerprint density at radius 2 is 1.64 bits per heavy atom. The number of ether oxygens (including phenoxy) is 1. The van der Waals surface area contributed by atoms with Gasteiger partial charge in [-0.3, -0.25) is 9.59 Å². The first-order valence-corrected chi connectivity index (χ1v) is 19.4. The molecule has 1 saturated heterocycles. The number of nitrogens with zero attached hydrogens (tertiary/aromatic N) is 5. The summed E-state index contributed by atoms with van der Waals surface area (Å²) in [5.74, 6) is 1.01. The van der Waals surface area contributed by atoms with E-state index in [9.17, 15) is 19.5 Å². The van der Waals surface area contributed by atoms with Gasteiger partial charge in [0.1, 0.15) is 17.0 Å². The van der Waals surface area contributed by atoms with Crippen LogP contribution in [-0.2, 0) is 6.54 Å². The van der Waals surface area contributed by atoms with Crippen molar-refractivity contribution in [1.29, 1.82) is 0 Å². The number of Topliss-reactive ketones (excluding diaryl/α,β-unsaturated/α-hetero) is 1. The van der Waals surface area contributed by atoms with Gasteiger partial charge >= 0.3 is 6.09 Å². The highest BCUT2D eigenvalue weighted by Gasteiger charge is 2.53. The minimum Gasteiger partial charge on any atom is -0.494 e. The fourth-order valence-electron chi connectivity index (χ4n) is 10.0. The van der Waals surface area contributed by atoms with E-state index in [1.165, 1.54) is 12.8 Å². The molecule has 3 fully saturated rings. The van der Waals surface area contributed by atoms with Crippen LogP contribution in [0.1, 0.15) is 75.9 Å². The number of amides is 2. The minimum absolute atomic E-state index is 0.0343. The number of benzene rings is 3. The van der Waals surface area contributed by atoms with E-state index in [2.05, 4.69) is 34.9 Å². The highest BCUT2D eigenvalue weighted by atomic mass is 16.5. The third kappa shape index (κ3) is 5.28. The summed E-state index contributed by atoms with van der Waals surface area (Å²) in [5, 5.41) is 16.9. The molecule has 278 valence electrons. The van der Waals surface area contributed by atoms with Crippen LogP contribution in [0.4, 0.5) is 4.79 Å². The summed E-state index contributed by atoms with van der Waals surface area (Å²) in [7, 11) is 1.61. The van der Waals surface area contributed by atoms with Gasteiger partial charge in [0.25, 0.3) is 5.91 Å². The molecule has 10 rings (SSSR count). The van der Waals surface area contributed by atoms with Crippen molar-refractivity contribution in [1.82, 2.24) is 24.0 Å². The lowest BCUT2D eigenvalue weighted by atomic mass is 9.94. The maximum Gasteiger partial charge on any atom is 0.407 e. The topological polar surface area (TPSA) is 109 Å². The number of fused-ring (bicyclic) bond motifs is 7. The summed E-state index contributed by atoms with van der Waals surface area (Å²) in [6.07, 6.45) is 4.84. The van der Waals surface area contributed by atoms with Crippen molar-refractivity contribution in [3.05, 3.63) is 113 Å². The van der Waals surface area contributed by atoms with Crippen molar-refractivity contribution >= 4 is 34.2 Å². The van der Waals surface area contributed by atoms with Gasteiger partial charge in [-0.15, -0.1) is 0 Å². The minimum atomic E-state index is -0.947. The quantitative estimate of drug-likeness (QED) is 0.150. The van der Waals surface area contributed by atoms with Gasteiger partial charge in [-0.05, 0) is 91.8 Å². The Bertz CT molecular complexity index is 2540. The van der Waals surface area contributed by atoms with E-state index in [4.69, 9.17) is 9.84 Å². The molecule has 3 atom stereocenters. The van der Waals surface area contributed by atoms with Crippen LogP contribution in [0.5, 0.6) is 5.75 Å². The number of ketones is 1. The number of aromatic nitrogens is 3. The molecule has 10 nitrogen and oxygen atoms in total. The van der Waals surface area contributed by atoms with Gasteiger partial charge in [-0.25, -0.2) is 9.31 Å². The number of pyridine rings is 1. The Hall–Kier alpha value is -5.90. The predicted octanol–water partition coefficient (Wildman–Crippen LogP) is 8.28. The molecule has 4 heterocycles. The maximum absolute atomic E-state index is 14.5. The van der Waals surface area contributed by atoms with Gasteiger partial charge in [0.2, 0.25) is 0 Å². The Morgan fingerprint density at radius 3 is 2.31 bits per heavy atom. The average molecular weight is 734 g/mol. The molecular formula is C45H43N5O5. The highest BCUT2D eigenvalue weighted by Crippen LogP contribution is 2.48. The van der Waals surface area contributed by atoms with Gasteiger partial charge in [0, 0.05) is 53.8 Å². The van der Waals surface area contributed by atoms with Gasteiger partial charge < -0.3 is 24.2 Å². The lowest BCUT2D eigenvalue weighted by molar-refractivity contribution is 0.0665. The third-order valence-corrected chi connectivity index (χ3v) is 12.8. The SMILES string of the molecule is COc1cc(C(=O)N2CC3CCC2[C@@H]3N(CC2c3ccccc3-c3ccccc32)C(=O)O)cn2nc(-c3cc4ccc(C(C)=O)cc4n3CC3CC3)c(C)c12. The Morgan fingerprint density at radius 1 is 0.909 bits per heavy atom. The molecule has 2 saturated carbocycles. The lowest BCUT2D eigenvalue weighted by Crippen LogP contribution is -2.49. The first-order chi connectivity index (χ1) is 26.7. The number of carboxylic acid groups (broad SMARTS) is 1. The smallest absolute Gasteiger partial charge is 0.407 e. The van der Waals surface area contributed by atoms with Gasteiger partial charge in [-0.1, -0.05) is 60.7 Å². The van der Waals surface area contributed by atoms with Crippen LogP contribution in [-0.4, -0.2) is 79.2 Å². The first kappa shape index (κ1) is 33.7. The van der Waals surface area contributed by atoms with Crippen molar-refractivity contribution < 1.29 is 24.2 Å². The monoisotopic (exact) mass is 733 g/mol. The van der Waals surface area contributed by atoms with E-state index < -0.39 is 6.09 Å². The molecule has 3 aromatic heterocycles. The molecular weight excluding hydrogens is 691 g/mol. The van der Waals surface area contributed by atoms with Gasteiger partial charge in [0.05, 0.1) is 30.5 Å². The number of aryl methyl sites for hydroxylation is 1. The van der Waals surface area contributed by atoms with Crippen molar-refractivity contribution in [2.24, 2.45) is 11.8 Å². The van der Waals surface area contributed by atoms with Gasteiger partial charge in [-0.2, -0.15) is 5.10 Å². The Kier molecular flexibility index (Phi) is 7.70. The standard InChI is InChI=1S/C45H43N5O5/c1-25-41(39-19-29-15-14-28(26(2)51)18-38(29)47(39)21-27-12-13-27)46-50-23-31(20-40(55-3)42(25)50)44(52)48-22-30-16-17-37(48)43(30)49(45(53)54)24-36-34-10-6-4-8-32(34)33-9-5-7-11-35(33)36/h4-11,14-15,18-20,23,27,30,36-37,43H,12-13,16-17,21-22,24H2,1-3H3,(H,53,54)/t30?,37?,43-/m1/s1. The van der Waals surface area contributed by atoms with E-state index >= 15 is 0 Å². The summed E-state index contributed by atoms with van der Waals surface area (Å²) in [6.45, 7) is 5.32. The number of carbonyl (C=O) groups excluding carboxylic acids is 2. The zero-order chi connectivity index (χ0) is 37.7. The summed E-state index contributed by atoms with van der Waals surface area (Å²) in [6, 6.07) is 25.9. The zero-order valence-electron chi connectivity index (χ0n) is 31.2. The molecule has 2 unspecified atom stereocenters. The summed E-state index contributed by atoms with van der Waals surface area (Å²) >= 11 is 0. The summed E-state index contributed by atoms with van der Waals surface area (Å²) < 4.78 is 10.0. The summed E-state index contributed by atoms with van der Waals surface area (Å²) in [4.78, 5) is 43.5. The Balaban J connectivity index is 0.980. The van der Waals surface area contributed by atoms with Crippen LogP contribution >= 0.6 is 0 Å². The number of hydrogen-bond acceptors (Lipinski definition) is 5. The van der Waals surface area contributed by atoms with Crippen LogP contribution < -0.4 is 4.74 Å². The predicted molar refractivity (Wildman–Crippen MR) is 210 cm³/mol. The van der Waals surface area contributed by atoms with Crippen LogP contribution in [0.3, 0.4) is 0 Å². The van der Waals surface area contributed by atoms with Crippen LogP contribution in [0.25, 0.3) is 38.9 Å². The molecule has 10 heteroatoms. The van der Waals surface area contributed by atoms with Crippen molar-refractivity contribution in [3.8, 4) is 28.3 Å². The Labute approximate surface area is 318 Å². The van der Waals surface area contributed by atoms with E-state index in [1.54, 1.807) is 35.7 Å². The van der Waals surface area contributed by atoms with E-state index in [1.807, 2.05) is 54.3 Å². The van der Waals surface area contributed by atoms with Crippen molar-refractivity contribution in [2.45, 2.75) is 64.1 Å². The second kappa shape index (κ2) is 12.6. The first-order valence-electron chi connectivity index (χ1n) is 19.4. The normalized spacial score (nSPS) is 20.0. The molecule has 0 spiro atoms. The molecule has 1 N–H and O–H groups in total. The highest BCUT2D eigenvalue weighted by molar-refractivity contribution is 5.99. The fourth-order valence-corrected chi connectivity index (χ4v) is 10.0. The number of rotatable bonds is 9. The number of carbonyl (C=O) groups is 3. The molecule has 2 bridgehead atoms. The van der Waals surface area contributed by atoms with Gasteiger partial charge in [0.15, 0.2) is 5.78 Å². The zero-order valence-corrected chi connectivity index (χ0v) is 31.2. The summed E-state index contributed by atoms with van der Waals surface area (Å²) in [5.41, 5.74) is 10.3. The molecule has 55 heavy (non-hydrogen) atoms. The molecule has 6 aromatic rings. The number of piperidine rings is 1.